The number of benzene rings is 1. The molecule has 0 amide bonds. The molecule has 1 aromatic rings. The molecule has 0 spiro atoms. The number of ketones is 1. The Labute approximate surface area is 116 Å². The minimum atomic E-state index is -1.34. The Hall–Kier alpha value is -2.18. The summed E-state index contributed by atoms with van der Waals surface area (Å²) in [4.78, 5) is 22.5. The molecule has 0 radical (unpaired) electrons. The van der Waals surface area contributed by atoms with E-state index >= 15 is 0 Å². The predicted octanol–water partition coefficient (Wildman–Crippen LogP) is 0.174. The summed E-state index contributed by atoms with van der Waals surface area (Å²) >= 11 is 0. The second-order valence-electron chi connectivity index (χ2n) is 3.84. The summed E-state index contributed by atoms with van der Waals surface area (Å²) in [6.07, 6.45) is 1.29. The Morgan fingerprint density at radius 3 is 2.40 bits per heavy atom. The zero-order chi connectivity index (χ0) is 15.0. The molecule has 0 fully saturated rings. The van der Waals surface area contributed by atoms with Crippen molar-refractivity contribution in [3.05, 3.63) is 35.9 Å². The SMILES string of the molecule is COc1ccc(/C=C/C(=O)OC(CO)C(=O)CO)cc1. The van der Waals surface area contributed by atoms with E-state index in [4.69, 9.17) is 19.7 Å². The van der Waals surface area contributed by atoms with Crippen molar-refractivity contribution in [2.75, 3.05) is 20.3 Å². The Morgan fingerprint density at radius 2 is 1.90 bits per heavy atom. The van der Waals surface area contributed by atoms with Gasteiger partial charge in [0.05, 0.1) is 13.7 Å². The number of ether oxygens (including phenoxy) is 2. The van der Waals surface area contributed by atoms with Crippen molar-refractivity contribution in [3.8, 4) is 5.75 Å². The number of hydrogen-bond donors (Lipinski definition) is 2. The Morgan fingerprint density at radius 1 is 1.25 bits per heavy atom. The highest BCUT2D eigenvalue weighted by Gasteiger charge is 2.19. The lowest BCUT2D eigenvalue weighted by Gasteiger charge is -2.11. The first-order valence-corrected chi connectivity index (χ1v) is 5.88. The summed E-state index contributed by atoms with van der Waals surface area (Å²) in [5, 5.41) is 17.5. The van der Waals surface area contributed by atoms with Gasteiger partial charge in [-0.05, 0) is 23.8 Å². The Bertz CT molecular complexity index is 477. The number of methoxy groups -OCH3 is 1. The van der Waals surface area contributed by atoms with E-state index in [2.05, 4.69) is 0 Å². The monoisotopic (exact) mass is 280 g/mol. The first kappa shape index (κ1) is 15.9. The number of aliphatic hydroxyl groups excluding tert-OH is 2. The highest BCUT2D eigenvalue weighted by atomic mass is 16.6. The number of esters is 1. The Balaban J connectivity index is 2.60. The van der Waals surface area contributed by atoms with Crippen LogP contribution >= 0.6 is 0 Å². The molecule has 1 rings (SSSR count). The van der Waals surface area contributed by atoms with Gasteiger partial charge in [0, 0.05) is 6.08 Å². The van der Waals surface area contributed by atoms with Crippen LogP contribution in [0.4, 0.5) is 0 Å². The van der Waals surface area contributed by atoms with E-state index in [9.17, 15) is 9.59 Å². The van der Waals surface area contributed by atoms with Gasteiger partial charge < -0.3 is 19.7 Å². The van der Waals surface area contributed by atoms with Crippen LogP contribution in [0.2, 0.25) is 0 Å². The molecule has 6 nitrogen and oxygen atoms in total. The molecule has 108 valence electrons. The molecule has 0 saturated carbocycles. The lowest BCUT2D eigenvalue weighted by atomic mass is 10.2. The molecule has 1 atom stereocenters. The minimum Gasteiger partial charge on any atom is -0.497 e. The minimum absolute atomic E-state index is 0.665. The molecule has 0 aliphatic heterocycles. The number of hydrogen-bond acceptors (Lipinski definition) is 6. The smallest absolute Gasteiger partial charge is 0.331 e. The van der Waals surface area contributed by atoms with Gasteiger partial charge >= 0.3 is 5.97 Å². The molecule has 6 heteroatoms. The predicted molar refractivity (Wildman–Crippen MR) is 71.1 cm³/mol. The van der Waals surface area contributed by atoms with E-state index in [1.54, 1.807) is 31.4 Å². The van der Waals surface area contributed by atoms with Crippen molar-refractivity contribution in [2.24, 2.45) is 0 Å². The van der Waals surface area contributed by atoms with Gasteiger partial charge in [0.1, 0.15) is 12.4 Å². The van der Waals surface area contributed by atoms with Gasteiger partial charge in [-0.25, -0.2) is 4.79 Å². The standard InChI is InChI=1S/C14H16O6/c1-19-11-5-2-10(3-6-11)4-7-14(18)20-13(9-16)12(17)8-15/h2-7,13,15-16H,8-9H2,1H3/b7-4+. The zero-order valence-corrected chi connectivity index (χ0v) is 11.0. The third-order valence-corrected chi connectivity index (χ3v) is 2.47. The molecule has 20 heavy (non-hydrogen) atoms. The van der Waals surface area contributed by atoms with Crippen LogP contribution in [0.1, 0.15) is 5.56 Å². The molecule has 0 bridgehead atoms. The van der Waals surface area contributed by atoms with Gasteiger partial charge in [-0.2, -0.15) is 0 Å². The highest BCUT2D eigenvalue weighted by molar-refractivity contribution is 5.91. The van der Waals surface area contributed by atoms with Crippen molar-refractivity contribution in [3.63, 3.8) is 0 Å². The van der Waals surface area contributed by atoms with Crippen LogP contribution in [0.3, 0.4) is 0 Å². The molecule has 1 unspecified atom stereocenters. The molecule has 0 aliphatic rings. The molecular formula is C14H16O6. The number of aliphatic hydroxyl groups is 2. The van der Waals surface area contributed by atoms with Crippen molar-refractivity contribution < 1.29 is 29.3 Å². The van der Waals surface area contributed by atoms with Gasteiger partial charge in [-0.3, -0.25) is 4.79 Å². The number of Topliss-reactive ketones (excluding diaryl/α,β-unsaturated/α-hetero) is 1. The van der Waals surface area contributed by atoms with Crippen LogP contribution < -0.4 is 4.74 Å². The maximum absolute atomic E-state index is 11.5. The molecule has 0 aromatic heterocycles. The van der Waals surface area contributed by atoms with Gasteiger partial charge in [0.25, 0.3) is 0 Å². The van der Waals surface area contributed by atoms with Gasteiger partial charge in [-0.1, -0.05) is 12.1 Å². The van der Waals surface area contributed by atoms with Gasteiger partial charge in [0.2, 0.25) is 5.78 Å². The maximum Gasteiger partial charge on any atom is 0.331 e. The van der Waals surface area contributed by atoms with E-state index in [1.165, 1.54) is 6.08 Å². The lowest BCUT2D eigenvalue weighted by Crippen LogP contribution is -2.32. The van der Waals surface area contributed by atoms with Crippen molar-refractivity contribution in [1.82, 2.24) is 0 Å². The third-order valence-electron chi connectivity index (χ3n) is 2.47. The molecule has 1 aromatic carbocycles. The Kier molecular flexibility index (Phi) is 6.42. The molecule has 0 heterocycles. The third kappa shape index (κ3) is 4.83. The summed E-state index contributed by atoms with van der Waals surface area (Å²) in [5.41, 5.74) is 0.747. The number of carbonyl (C=O) groups is 2. The summed E-state index contributed by atoms with van der Waals surface area (Å²) < 4.78 is 9.70. The second-order valence-corrected chi connectivity index (χ2v) is 3.84. The molecular weight excluding hydrogens is 264 g/mol. The van der Waals surface area contributed by atoms with Crippen LogP contribution in [-0.2, 0) is 14.3 Å². The van der Waals surface area contributed by atoms with Crippen LogP contribution in [-0.4, -0.2) is 48.4 Å². The average Bonchev–Trinajstić information content (AvgIpc) is 2.50. The summed E-state index contributed by atoms with van der Waals surface area (Å²) in [5.74, 6) is -0.834. The summed E-state index contributed by atoms with van der Waals surface area (Å²) in [6.45, 7) is -1.46. The first-order valence-electron chi connectivity index (χ1n) is 5.88. The van der Waals surface area contributed by atoms with E-state index in [-0.39, 0.29) is 0 Å². The van der Waals surface area contributed by atoms with Crippen molar-refractivity contribution >= 4 is 17.8 Å². The number of carbonyl (C=O) groups excluding carboxylic acids is 2. The van der Waals surface area contributed by atoms with Crippen LogP contribution in [0.25, 0.3) is 6.08 Å². The van der Waals surface area contributed by atoms with E-state index in [0.717, 1.165) is 11.6 Å². The van der Waals surface area contributed by atoms with Crippen LogP contribution in [0, 0.1) is 0 Å². The van der Waals surface area contributed by atoms with E-state index < -0.39 is 31.1 Å². The van der Waals surface area contributed by atoms with Crippen LogP contribution in [0.5, 0.6) is 5.75 Å². The van der Waals surface area contributed by atoms with E-state index in [0.29, 0.717) is 5.75 Å². The quantitative estimate of drug-likeness (QED) is 0.546. The summed E-state index contributed by atoms with van der Waals surface area (Å²) in [6, 6.07) is 6.95. The van der Waals surface area contributed by atoms with E-state index in [1.807, 2.05) is 0 Å². The highest BCUT2D eigenvalue weighted by Crippen LogP contribution is 2.12. The normalized spacial score (nSPS) is 12.2. The fourth-order valence-electron chi connectivity index (χ4n) is 1.37. The van der Waals surface area contributed by atoms with Crippen LogP contribution in [0.15, 0.2) is 30.3 Å². The fraction of sp³-hybridized carbons (Fsp3) is 0.286. The lowest BCUT2D eigenvalue weighted by molar-refractivity contribution is -0.153. The largest absolute Gasteiger partial charge is 0.497 e. The molecule has 0 saturated heterocycles. The van der Waals surface area contributed by atoms with Crippen molar-refractivity contribution in [2.45, 2.75) is 6.10 Å². The second kappa shape index (κ2) is 8.08. The average molecular weight is 280 g/mol. The van der Waals surface area contributed by atoms with Gasteiger partial charge in [0.15, 0.2) is 6.10 Å². The summed E-state index contributed by atoms with van der Waals surface area (Å²) in [7, 11) is 1.55. The first-order chi connectivity index (χ1) is 9.60. The van der Waals surface area contributed by atoms with Gasteiger partial charge in [-0.15, -0.1) is 0 Å². The topological polar surface area (TPSA) is 93.1 Å². The van der Waals surface area contributed by atoms with Crippen molar-refractivity contribution in [1.29, 1.82) is 0 Å². The fourth-order valence-corrected chi connectivity index (χ4v) is 1.37. The maximum atomic E-state index is 11.5. The zero-order valence-electron chi connectivity index (χ0n) is 11.0. The molecule has 2 N–H and O–H groups in total. The number of rotatable bonds is 7. The molecule has 0 aliphatic carbocycles.